The molecule has 8 nitrogen and oxygen atoms in total. The van der Waals surface area contributed by atoms with Gasteiger partial charge in [-0.05, 0) is 20.8 Å². The molecule has 0 unspecified atom stereocenters. The Labute approximate surface area is 97.8 Å². The maximum atomic E-state index is 12.0. The number of nitrogens with zero attached hydrogens (tertiary/aromatic N) is 3. The zero-order valence-corrected chi connectivity index (χ0v) is 9.89. The Morgan fingerprint density at radius 2 is 2.12 bits per heavy atom. The number of amides is 1. The van der Waals surface area contributed by atoms with Crippen molar-refractivity contribution in [3.05, 3.63) is 5.82 Å². The van der Waals surface area contributed by atoms with E-state index in [1.807, 2.05) is 0 Å². The van der Waals surface area contributed by atoms with Gasteiger partial charge in [-0.15, -0.1) is 5.10 Å². The highest BCUT2D eigenvalue weighted by Crippen LogP contribution is 2.16. The van der Waals surface area contributed by atoms with E-state index in [1.54, 1.807) is 6.92 Å². The van der Waals surface area contributed by atoms with Crippen LogP contribution in [-0.2, 0) is 4.79 Å². The summed E-state index contributed by atoms with van der Waals surface area (Å²) in [5.41, 5.74) is 3.96. The molecule has 17 heavy (non-hydrogen) atoms. The molecule has 8 heteroatoms. The lowest BCUT2D eigenvalue weighted by Gasteiger charge is -2.33. The van der Waals surface area contributed by atoms with Gasteiger partial charge in [-0.1, -0.05) is 0 Å². The van der Waals surface area contributed by atoms with E-state index in [1.165, 1.54) is 18.7 Å². The molecule has 0 radical (unpaired) electrons. The molecule has 0 saturated carbocycles. The molecule has 0 bridgehead atoms. The van der Waals surface area contributed by atoms with Gasteiger partial charge in [-0.25, -0.2) is 4.79 Å². The molecule has 1 amide bonds. The summed E-state index contributed by atoms with van der Waals surface area (Å²) in [4.78, 5) is 28.0. The van der Waals surface area contributed by atoms with Gasteiger partial charge in [-0.2, -0.15) is 4.98 Å². The number of nitrogens with two attached hydrogens (primary N) is 1. The third kappa shape index (κ3) is 2.35. The van der Waals surface area contributed by atoms with Crippen molar-refractivity contribution in [2.45, 2.75) is 26.3 Å². The van der Waals surface area contributed by atoms with Crippen LogP contribution in [-0.4, -0.2) is 49.1 Å². The predicted octanol–water partition coefficient (Wildman–Crippen LogP) is -0.288. The lowest BCUT2D eigenvalue weighted by Crippen LogP contribution is -2.53. The van der Waals surface area contributed by atoms with Gasteiger partial charge in [-0.3, -0.25) is 9.89 Å². The quantitative estimate of drug-likeness (QED) is 0.665. The Bertz CT molecular complexity index is 440. The van der Waals surface area contributed by atoms with E-state index >= 15 is 0 Å². The Morgan fingerprint density at radius 3 is 2.47 bits per heavy atom. The van der Waals surface area contributed by atoms with Gasteiger partial charge in [0.05, 0.1) is 0 Å². The zero-order chi connectivity index (χ0) is 13.2. The highest BCUT2D eigenvalue weighted by molar-refractivity contribution is 5.94. The van der Waals surface area contributed by atoms with Gasteiger partial charge in [0, 0.05) is 6.54 Å². The summed E-state index contributed by atoms with van der Waals surface area (Å²) in [6.45, 7) is 4.80. The van der Waals surface area contributed by atoms with Crippen molar-refractivity contribution in [1.82, 2.24) is 20.1 Å². The number of aromatic nitrogens is 3. The molecule has 1 aromatic rings. The summed E-state index contributed by atoms with van der Waals surface area (Å²) < 4.78 is 0. The minimum absolute atomic E-state index is 0.0578. The summed E-state index contributed by atoms with van der Waals surface area (Å²) in [5, 5.41) is 15.0. The summed E-state index contributed by atoms with van der Waals surface area (Å²) >= 11 is 0. The average molecular weight is 241 g/mol. The van der Waals surface area contributed by atoms with Crippen LogP contribution in [0.5, 0.6) is 0 Å². The maximum Gasteiger partial charge on any atom is 0.329 e. The maximum absolute atomic E-state index is 12.0. The van der Waals surface area contributed by atoms with Gasteiger partial charge in [0.1, 0.15) is 5.54 Å². The highest BCUT2D eigenvalue weighted by Gasteiger charge is 2.38. The standard InChI is InChI=1S/C9H15N5O3/c1-4-14(9(2,3)7(16)17)6(15)5-11-8(10)13-12-5/h4H2,1-3H3,(H,16,17)(H3,10,11,12,13). The normalized spacial score (nSPS) is 11.2. The lowest BCUT2D eigenvalue weighted by atomic mass is 10.0. The first-order valence-corrected chi connectivity index (χ1v) is 5.04. The van der Waals surface area contributed by atoms with Crippen LogP contribution in [0.1, 0.15) is 31.4 Å². The molecular weight excluding hydrogens is 226 g/mol. The number of carbonyl (C=O) groups excluding carboxylic acids is 1. The van der Waals surface area contributed by atoms with E-state index in [-0.39, 0.29) is 18.3 Å². The number of hydrogen-bond acceptors (Lipinski definition) is 5. The number of likely N-dealkylation sites (N-methyl/N-ethyl adjacent to an activating group) is 1. The molecule has 1 heterocycles. The smallest absolute Gasteiger partial charge is 0.329 e. The first kappa shape index (κ1) is 12.9. The van der Waals surface area contributed by atoms with E-state index in [9.17, 15) is 9.59 Å². The van der Waals surface area contributed by atoms with Crippen molar-refractivity contribution in [1.29, 1.82) is 0 Å². The van der Waals surface area contributed by atoms with Crippen LogP contribution in [0, 0.1) is 0 Å². The van der Waals surface area contributed by atoms with Gasteiger partial charge < -0.3 is 15.7 Å². The second-order valence-electron chi connectivity index (χ2n) is 3.96. The lowest BCUT2D eigenvalue weighted by molar-refractivity contribution is -0.147. The van der Waals surface area contributed by atoms with Crippen molar-refractivity contribution in [2.24, 2.45) is 0 Å². The van der Waals surface area contributed by atoms with E-state index in [2.05, 4.69) is 15.2 Å². The SMILES string of the molecule is CCN(C(=O)c1nc(N)n[nH]1)C(C)(C)C(=O)O. The molecule has 4 N–H and O–H groups in total. The van der Waals surface area contributed by atoms with Gasteiger partial charge in [0.2, 0.25) is 11.8 Å². The number of carbonyl (C=O) groups is 2. The number of anilines is 1. The van der Waals surface area contributed by atoms with Gasteiger partial charge in [0.15, 0.2) is 0 Å². The van der Waals surface area contributed by atoms with E-state index in [4.69, 9.17) is 10.8 Å². The minimum Gasteiger partial charge on any atom is -0.480 e. The molecule has 0 spiro atoms. The molecular formula is C9H15N5O3. The first-order valence-electron chi connectivity index (χ1n) is 5.04. The summed E-state index contributed by atoms with van der Waals surface area (Å²) in [7, 11) is 0. The van der Waals surface area contributed by atoms with Gasteiger partial charge in [0.25, 0.3) is 5.91 Å². The second-order valence-corrected chi connectivity index (χ2v) is 3.96. The van der Waals surface area contributed by atoms with Crippen molar-refractivity contribution in [3.63, 3.8) is 0 Å². The fourth-order valence-corrected chi connectivity index (χ4v) is 1.41. The number of nitrogens with one attached hydrogen (secondary N) is 1. The molecule has 94 valence electrons. The number of H-pyrrole nitrogens is 1. The van der Waals surface area contributed by atoms with Gasteiger partial charge >= 0.3 is 5.97 Å². The third-order valence-electron chi connectivity index (χ3n) is 2.46. The fourth-order valence-electron chi connectivity index (χ4n) is 1.41. The second kappa shape index (κ2) is 4.40. The number of carboxylic acid groups (broad SMARTS) is 1. The van der Waals surface area contributed by atoms with Crippen LogP contribution in [0.25, 0.3) is 0 Å². The van der Waals surface area contributed by atoms with Crippen molar-refractivity contribution < 1.29 is 14.7 Å². The Hall–Kier alpha value is -2.12. The zero-order valence-electron chi connectivity index (χ0n) is 9.89. The summed E-state index contributed by atoms with van der Waals surface area (Å²) in [5.74, 6) is -1.78. The van der Waals surface area contributed by atoms with E-state index in [0.717, 1.165) is 0 Å². The number of carboxylic acids is 1. The predicted molar refractivity (Wildman–Crippen MR) is 59.2 cm³/mol. The number of nitrogen functional groups attached to an aromatic ring is 1. The largest absolute Gasteiger partial charge is 0.480 e. The number of aromatic amines is 1. The molecule has 0 saturated heterocycles. The number of hydrogen-bond donors (Lipinski definition) is 3. The molecule has 1 aromatic heterocycles. The molecule has 1 rings (SSSR count). The third-order valence-corrected chi connectivity index (χ3v) is 2.46. The Morgan fingerprint density at radius 1 is 1.53 bits per heavy atom. The molecule has 0 aliphatic rings. The fraction of sp³-hybridized carbons (Fsp3) is 0.556. The highest BCUT2D eigenvalue weighted by atomic mass is 16.4. The van der Waals surface area contributed by atoms with E-state index < -0.39 is 17.4 Å². The minimum atomic E-state index is -1.33. The van der Waals surface area contributed by atoms with Crippen molar-refractivity contribution >= 4 is 17.8 Å². The molecule has 0 aliphatic carbocycles. The molecule has 0 atom stereocenters. The Kier molecular flexibility index (Phi) is 3.35. The Balaban J connectivity index is 3.04. The van der Waals surface area contributed by atoms with Crippen LogP contribution in [0.3, 0.4) is 0 Å². The van der Waals surface area contributed by atoms with Crippen LogP contribution in [0.2, 0.25) is 0 Å². The van der Waals surface area contributed by atoms with Crippen molar-refractivity contribution in [3.8, 4) is 0 Å². The molecule has 0 fully saturated rings. The molecule has 0 aliphatic heterocycles. The van der Waals surface area contributed by atoms with Crippen LogP contribution < -0.4 is 5.73 Å². The van der Waals surface area contributed by atoms with Crippen LogP contribution in [0.15, 0.2) is 0 Å². The summed E-state index contributed by atoms with van der Waals surface area (Å²) in [6.07, 6.45) is 0. The number of rotatable bonds is 4. The first-order chi connectivity index (χ1) is 7.80. The monoisotopic (exact) mass is 241 g/mol. The van der Waals surface area contributed by atoms with Crippen LogP contribution >= 0.6 is 0 Å². The van der Waals surface area contributed by atoms with E-state index in [0.29, 0.717) is 0 Å². The molecule has 0 aromatic carbocycles. The van der Waals surface area contributed by atoms with Crippen molar-refractivity contribution in [2.75, 3.05) is 12.3 Å². The van der Waals surface area contributed by atoms with Crippen LogP contribution in [0.4, 0.5) is 5.95 Å². The average Bonchev–Trinajstić information content (AvgIpc) is 2.65. The number of aliphatic carboxylic acids is 1. The summed E-state index contributed by atoms with van der Waals surface area (Å²) in [6, 6.07) is 0. The topological polar surface area (TPSA) is 125 Å².